The van der Waals surface area contributed by atoms with Gasteiger partial charge in [0.15, 0.2) is 5.16 Å². The number of halogens is 1. The van der Waals surface area contributed by atoms with Gasteiger partial charge in [0.25, 0.3) is 5.56 Å². The summed E-state index contributed by atoms with van der Waals surface area (Å²) < 4.78 is 16.5. The molecule has 7 nitrogen and oxygen atoms in total. The van der Waals surface area contributed by atoms with Crippen LogP contribution in [-0.4, -0.2) is 30.3 Å². The smallest absolute Gasteiger partial charge is 0.263 e. The van der Waals surface area contributed by atoms with Gasteiger partial charge < -0.3 is 5.32 Å². The Balaban J connectivity index is 1.64. The van der Waals surface area contributed by atoms with Crippen LogP contribution >= 0.6 is 11.8 Å². The van der Waals surface area contributed by atoms with Crippen molar-refractivity contribution in [3.05, 3.63) is 82.9 Å². The summed E-state index contributed by atoms with van der Waals surface area (Å²) in [5, 5.41) is 12.0. The maximum Gasteiger partial charge on any atom is 0.263 e. The summed E-state index contributed by atoms with van der Waals surface area (Å²) >= 11 is 1.25. The Hall–Kier alpha value is -3.46. The number of thioether (sulfide) groups is 1. The van der Waals surface area contributed by atoms with Crippen LogP contribution in [0.3, 0.4) is 0 Å². The number of rotatable bonds is 7. The molecule has 0 fully saturated rings. The fourth-order valence-corrected chi connectivity index (χ4v) is 4.35. The molecule has 2 aromatic carbocycles. The number of aromatic nitrogens is 4. The minimum Gasteiger partial charge on any atom is -0.349 e. The maximum absolute atomic E-state index is 13.2. The lowest BCUT2D eigenvalue weighted by molar-refractivity contribution is -0.120. The van der Waals surface area contributed by atoms with Gasteiger partial charge in [-0.2, -0.15) is 0 Å². The third-order valence-electron chi connectivity index (χ3n) is 5.17. The van der Waals surface area contributed by atoms with Crippen molar-refractivity contribution < 1.29 is 9.18 Å². The molecule has 0 saturated carbocycles. The highest BCUT2D eigenvalue weighted by Gasteiger charge is 2.22. The van der Waals surface area contributed by atoms with Crippen molar-refractivity contribution in [3.8, 4) is 0 Å². The minimum absolute atomic E-state index is 0.170. The van der Waals surface area contributed by atoms with Crippen LogP contribution < -0.4 is 10.9 Å². The Labute approximate surface area is 188 Å². The number of hydrogen-bond donors (Lipinski definition) is 1. The number of fused-ring (bicyclic) bond motifs is 3. The van der Waals surface area contributed by atoms with Crippen molar-refractivity contribution in [3.63, 3.8) is 0 Å². The molecule has 2 heterocycles. The van der Waals surface area contributed by atoms with Crippen LogP contribution in [0.5, 0.6) is 0 Å². The molecule has 32 heavy (non-hydrogen) atoms. The van der Waals surface area contributed by atoms with Crippen LogP contribution in [0.25, 0.3) is 16.7 Å². The van der Waals surface area contributed by atoms with Gasteiger partial charge in [-0.25, -0.2) is 4.39 Å². The molecule has 0 saturated heterocycles. The Morgan fingerprint density at radius 2 is 1.91 bits per heavy atom. The summed E-state index contributed by atoms with van der Waals surface area (Å²) in [6.45, 7) is 7.64. The van der Waals surface area contributed by atoms with Crippen molar-refractivity contribution in [2.45, 2.75) is 36.8 Å². The summed E-state index contributed by atoms with van der Waals surface area (Å²) in [6, 6.07) is 13.0. The number of benzene rings is 2. The van der Waals surface area contributed by atoms with Crippen LogP contribution in [0.2, 0.25) is 0 Å². The summed E-state index contributed by atoms with van der Waals surface area (Å²) in [5.74, 6) is -0.118. The second kappa shape index (κ2) is 8.96. The highest BCUT2D eigenvalue weighted by atomic mass is 32.2. The maximum atomic E-state index is 13.2. The lowest BCUT2D eigenvalue weighted by atomic mass is 10.1. The first-order chi connectivity index (χ1) is 15.4. The largest absolute Gasteiger partial charge is 0.349 e. The van der Waals surface area contributed by atoms with Crippen molar-refractivity contribution in [1.29, 1.82) is 0 Å². The number of hydrogen-bond acceptors (Lipinski definition) is 5. The van der Waals surface area contributed by atoms with E-state index in [1.165, 1.54) is 28.5 Å². The first-order valence-electron chi connectivity index (χ1n) is 10.1. The number of carbonyl (C=O) groups is 1. The van der Waals surface area contributed by atoms with E-state index >= 15 is 0 Å². The molecule has 0 spiro atoms. The molecule has 2 atom stereocenters. The third kappa shape index (κ3) is 4.03. The SMILES string of the molecule is C=CCn1c(=O)c2ccccc2n2c(SC(C)C(=O)NC(C)c3ccc(F)cc3)nnc12. The van der Waals surface area contributed by atoms with E-state index in [-0.39, 0.29) is 23.3 Å². The van der Waals surface area contributed by atoms with Crippen LogP contribution in [0.1, 0.15) is 25.5 Å². The average molecular weight is 452 g/mol. The highest BCUT2D eigenvalue weighted by molar-refractivity contribution is 8.00. The lowest BCUT2D eigenvalue weighted by Crippen LogP contribution is -2.33. The van der Waals surface area contributed by atoms with Crippen LogP contribution in [0.4, 0.5) is 4.39 Å². The number of nitrogens with zero attached hydrogens (tertiary/aromatic N) is 4. The third-order valence-corrected chi connectivity index (χ3v) is 6.21. The molecule has 1 N–H and O–H groups in total. The first-order valence-corrected chi connectivity index (χ1v) is 11.0. The molecular formula is C23H22FN5O2S. The monoisotopic (exact) mass is 451 g/mol. The van der Waals surface area contributed by atoms with E-state index in [2.05, 4.69) is 22.1 Å². The van der Waals surface area contributed by atoms with Crippen molar-refractivity contribution in [2.24, 2.45) is 0 Å². The van der Waals surface area contributed by atoms with E-state index in [1.54, 1.807) is 41.7 Å². The zero-order chi connectivity index (χ0) is 22.8. The molecule has 0 aliphatic rings. The number of para-hydroxylation sites is 1. The van der Waals surface area contributed by atoms with Gasteiger partial charge in [0.2, 0.25) is 11.7 Å². The van der Waals surface area contributed by atoms with Crippen LogP contribution in [0, 0.1) is 5.82 Å². The zero-order valence-electron chi connectivity index (χ0n) is 17.7. The predicted molar refractivity (Wildman–Crippen MR) is 123 cm³/mol. The van der Waals surface area contributed by atoms with Gasteiger partial charge in [-0.3, -0.25) is 18.6 Å². The number of nitrogens with one attached hydrogen (secondary N) is 1. The van der Waals surface area contributed by atoms with Gasteiger partial charge in [-0.1, -0.05) is 42.1 Å². The van der Waals surface area contributed by atoms with Crippen molar-refractivity contribution >= 4 is 34.3 Å². The fraction of sp³-hybridized carbons (Fsp3) is 0.217. The molecule has 4 rings (SSSR count). The normalized spacial score (nSPS) is 13.2. The second-order valence-electron chi connectivity index (χ2n) is 7.38. The van der Waals surface area contributed by atoms with Gasteiger partial charge in [0, 0.05) is 6.54 Å². The summed E-state index contributed by atoms with van der Waals surface area (Å²) in [4.78, 5) is 25.7. The molecule has 1 amide bonds. The minimum atomic E-state index is -0.483. The molecule has 0 radical (unpaired) electrons. The average Bonchev–Trinajstić information content (AvgIpc) is 3.20. The van der Waals surface area contributed by atoms with E-state index in [0.29, 0.717) is 28.4 Å². The Morgan fingerprint density at radius 3 is 2.62 bits per heavy atom. The quantitative estimate of drug-likeness (QED) is 0.342. The second-order valence-corrected chi connectivity index (χ2v) is 8.69. The Kier molecular flexibility index (Phi) is 6.09. The van der Waals surface area contributed by atoms with Gasteiger partial charge in [-0.15, -0.1) is 16.8 Å². The van der Waals surface area contributed by atoms with Gasteiger partial charge in [0.05, 0.1) is 22.2 Å². The van der Waals surface area contributed by atoms with Gasteiger partial charge >= 0.3 is 0 Å². The molecule has 0 aliphatic carbocycles. The summed E-state index contributed by atoms with van der Waals surface area (Å²) in [6.07, 6.45) is 1.63. The van der Waals surface area contributed by atoms with E-state index in [9.17, 15) is 14.0 Å². The zero-order valence-corrected chi connectivity index (χ0v) is 18.5. The first kappa shape index (κ1) is 21.8. The van der Waals surface area contributed by atoms with E-state index in [0.717, 1.165) is 5.56 Å². The van der Waals surface area contributed by atoms with Gasteiger partial charge in [0.1, 0.15) is 5.82 Å². The van der Waals surface area contributed by atoms with Gasteiger partial charge in [-0.05, 0) is 43.7 Å². The number of amides is 1. The molecule has 164 valence electrons. The Morgan fingerprint density at radius 1 is 1.19 bits per heavy atom. The molecule has 2 unspecified atom stereocenters. The summed E-state index contributed by atoms with van der Waals surface area (Å²) in [5.41, 5.74) is 1.31. The molecule has 9 heteroatoms. The molecule has 2 aromatic heterocycles. The fourth-order valence-electron chi connectivity index (χ4n) is 3.48. The van der Waals surface area contributed by atoms with E-state index < -0.39 is 5.25 Å². The number of allylic oxidation sites excluding steroid dienone is 1. The molecule has 0 bridgehead atoms. The van der Waals surface area contributed by atoms with Crippen LogP contribution in [-0.2, 0) is 11.3 Å². The predicted octanol–water partition coefficient (Wildman–Crippen LogP) is 3.73. The molecule has 4 aromatic rings. The topological polar surface area (TPSA) is 81.3 Å². The van der Waals surface area contributed by atoms with E-state index in [1.807, 2.05) is 19.1 Å². The molecular weight excluding hydrogens is 429 g/mol. The van der Waals surface area contributed by atoms with Crippen molar-refractivity contribution in [1.82, 2.24) is 24.5 Å². The highest BCUT2D eigenvalue weighted by Crippen LogP contribution is 2.26. The standard InChI is InChI=1S/C23H22FN5O2S/c1-4-13-28-21(31)18-7-5-6-8-19(18)29-22(28)26-27-23(29)32-15(3)20(30)25-14(2)16-9-11-17(24)12-10-16/h4-12,14-15H,1,13H2,2-3H3,(H,25,30). The number of carbonyl (C=O) groups excluding carboxylic acids is 1. The lowest BCUT2D eigenvalue weighted by Gasteiger charge is -2.17. The van der Waals surface area contributed by atoms with E-state index in [4.69, 9.17) is 0 Å². The van der Waals surface area contributed by atoms with Crippen molar-refractivity contribution in [2.75, 3.05) is 0 Å². The Bertz CT molecular complexity index is 1360. The molecule has 0 aliphatic heterocycles. The van der Waals surface area contributed by atoms with Crippen LogP contribution in [0.15, 0.2) is 71.1 Å². The summed E-state index contributed by atoms with van der Waals surface area (Å²) in [7, 11) is 0.